The van der Waals surface area contributed by atoms with E-state index in [4.69, 9.17) is 15.2 Å². The van der Waals surface area contributed by atoms with Crippen LogP contribution >= 0.6 is 0 Å². The zero-order valence-electron chi connectivity index (χ0n) is 16.2. The molecule has 3 heterocycles. The maximum absolute atomic E-state index is 12.2. The number of primary amides is 1. The van der Waals surface area contributed by atoms with Gasteiger partial charge in [-0.3, -0.25) is 9.79 Å². The SMILES string of the molecule is CN(C)CCOc1cc(-c2cnc3c(c2)CCCO3)c2c(c1C(N)=O)CC=N2. The second-order valence-electron chi connectivity index (χ2n) is 7.30. The normalized spacial score (nSPS) is 14.5. The van der Waals surface area contributed by atoms with Crippen LogP contribution in [-0.2, 0) is 12.8 Å². The van der Waals surface area contributed by atoms with E-state index in [1.165, 1.54) is 0 Å². The molecule has 2 aromatic rings. The van der Waals surface area contributed by atoms with E-state index < -0.39 is 5.91 Å². The lowest BCUT2D eigenvalue weighted by Crippen LogP contribution is -2.21. The van der Waals surface area contributed by atoms with Crippen molar-refractivity contribution in [2.24, 2.45) is 10.7 Å². The Balaban J connectivity index is 1.80. The van der Waals surface area contributed by atoms with Crippen molar-refractivity contribution in [1.29, 1.82) is 0 Å². The number of aryl methyl sites for hydroxylation is 1. The maximum atomic E-state index is 12.2. The van der Waals surface area contributed by atoms with Crippen LogP contribution in [0.4, 0.5) is 5.69 Å². The van der Waals surface area contributed by atoms with E-state index in [1.54, 1.807) is 12.4 Å². The van der Waals surface area contributed by atoms with Crippen molar-refractivity contribution < 1.29 is 14.3 Å². The first-order chi connectivity index (χ1) is 13.5. The number of nitrogens with two attached hydrogens (primary N) is 1. The molecule has 2 aliphatic heterocycles. The molecular formula is C21H24N4O3. The van der Waals surface area contributed by atoms with E-state index in [0.717, 1.165) is 47.3 Å². The molecule has 0 atom stereocenters. The number of aliphatic imine (C=N–C) groups is 1. The molecule has 1 aromatic carbocycles. The van der Waals surface area contributed by atoms with Crippen molar-refractivity contribution in [3.05, 3.63) is 35.0 Å². The topological polar surface area (TPSA) is 90.0 Å². The third-order valence-corrected chi connectivity index (χ3v) is 4.99. The van der Waals surface area contributed by atoms with Crippen molar-refractivity contribution in [3.63, 3.8) is 0 Å². The molecule has 0 unspecified atom stereocenters. The Morgan fingerprint density at radius 3 is 3.00 bits per heavy atom. The van der Waals surface area contributed by atoms with Crippen LogP contribution in [0.15, 0.2) is 23.3 Å². The lowest BCUT2D eigenvalue weighted by Gasteiger charge is -2.19. The molecular weight excluding hydrogens is 356 g/mol. The Hall–Kier alpha value is -2.93. The molecule has 0 radical (unpaired) electrons. The summed E-state index contributed by atoms with van der Waals surface area (Å²) < 4.78 is 11.6. The molecule has 146 valence electrons. The second-order valence-corrected chi connectivity index (χ2v) is 7.30. The largest absolute Gasteiger partial charge is 0.491 e. The highest BCUT2D eigenvalue weighted by atomic mass is 16.5. The Labute approximate surface area is 164 Å². The molecule has 0 saturated heterocycles. The Morgan fingerprint density at radius 2 is 2.21 bits per heavy atom. The number of fused-ring (bicyclic) bond motifs is 2. The fraction of sp³-hybridized carbons (Fsp3) is 0.381. The highest BCUT2D eigenvalue weighted by Crippen LogP contribution is 2.43. The van der Waals surface area contributed by atoms with Gasteiger partial charge in [0.2, 0.25) is 5.88 Å². The van der Waals surface area contributed by atoms with Gasteiger partial charge in [0.25, 0.3) is 5.91 Å². The molecule has 0 spiro atoms. The molecule has 7 nitrogen and oxygen atoms in total. The smallest absolute Gasteiger partial charge is 0.252 e. The van der Waals surface area contributed by atoms with E-state index in [1.807, 2.05) is 25.1 Å². The highest BCUT2D eigenvalue weighted by Gasteiger charge is 2.25. The first-order valence-electron chi connectivity index (χ1n) is 9.46. The molecule has 0 bridgehead atoms. The number of rotatable bonds is 6. The number of aromatic nitrogens is 1. The lowest BCUT2D eigenvalue weighted by atomic mass is 9.94. The van der Waals surface area contributed by atoms with E-state index in [2.05, 4.69) is 16.0 Å². The number of benzene rings is 1. The number of likely N-dealkylation sites (N-methyl/N-ethyl adjacent to an activating group) is 1. The van der Waals surface area contributed by atoms with E-state index >= 15 is 0 Å². The monoisotopic (exact) mass is 380 g/mol. The van der Waals surface area contributed by atoms with Crippen LogP contribution in [0, 0.1) is 0 Å². The highest BCUT2D eigenvalue weighted by molar-refractivity contribution is 6.03. The average molecular weight is 380 g/mol. The van der Waals surface area contributed by atoms with Gasteiger partial charge in [0.05, 0.1) is 17.9 Å². The van der Waals surface area contributed by atoms with E-state index in [-0.39, 0.29) is 0 Å². The molecule has 1 aromatic heterocycles. The summed E-state index contributed by atoms with van der Waals surface area (Å²) in [4.78, 5) is 23.2. The van der Waals surface area contributed by atoms with Crippen molar-refractivity contribution in [2.45, 2.75) is 19.3 Å². The number of hydrogen-bond acceptors (Lipinski definition) is 6. The summed E-state index contributed by atoms with van der Waals surface area (Å²) in [6.07, 6.45) is 6.08. The molecule has 0 aliphatic carbocycles. The van der Waals surface area contributed by atoms with E-state index in [9.17, 15) is 4.79 Å². The molecule has 4 rings (SSSR count). The quantitative estimate of drug-likeness (QED) is 0.831. The minimum absolute atomic E-state index is 0.421. The third kappa shape index (κ3) is 3.45. The number of carbonyl (C=O) groups excluding carboxylic acids is 1. The second kappa shape index (κ2) is 7.59. The molecule has 2 aliphatic rings. The number of carbonyl (C=O) groups is 1. The van der Waals surface area contributed by atoms with Crippen LogP contribution in [0.3, 0.4) is 0 Å². The van der Waals surface area contributed by atoms with Crippen LogP contribution in [0.2, 0.25) is 0 Å². The first-order valence-corrected chi connectivity index (χ1v) is 9.46. The summed E-state index contributed by atoms with van der Waals surface area (Å²) in [5.74, 6) is 0.707. The lowest BCUT2D eigenvalue weighted by molar-refractivity contribution is 0.0995. The van der Waals surface area contributed by atoms with Gasteiger partial charge in [-0.05, 0) is 39.1 Å². The van der Waals surface area contributed by atoms with Crippen molar-refractivity contribution in [1.82, 2.24) is 9.88 Å². The zero-order chi connectivity index (χ0) is 19.7. The van der Waals surface area contributed by atoms with Gasteiger partial charge in [-0.25, -0.2) is 4.98 Å². The Morgan fingerprint density at radius 1 is 1.36 bits per heavy atom. The van der Waals surface area contributed by atoms with Gasteiger partial charge in [-0.1, -0.05) is 0 Å². The van der Waals surface area contributed by atoms with E-state index in [0.29, 0.717) is 36.8 Å². The number of pyridine rings is 1. The van der Waals surface area contributed by atoms with Crippen molar-refractivity contribution >= 4 is 17.8 Å². The number of hydrogen-bond donors (Lipinski definition) is 1. The van der Waals surface area contributed by atoms with Gasteiger partial charge < -0.3 is 20.1 Å². The van der Waals surface area contributed by atoms with Gasteiger partial charge in [0.15, 0.2) is 0 Å². The summed E-state index contributed by atoms with van der Waals surface area (Å²) in [5, 5.41) is 0. The van der Waals surface area contributed by atoms with Crippen molar-refractivity contribution in [3.8, 4) is 22.8 Å². The van der Waals surface area contributed by atoms with Crippen LogP contribution in [0.1, 0.15) is 27.9 Å². The third-order valence-electron chi connectivity index (χ3n) is 4.99. The van der Waals surface area contributed by atoms with Crippen LogP contribution in [0.5, 0.6) is 11.6 Å². The Kier molecular flexibility index (Phi) is 5.00. The average Bonchev–Trinajstić information content (AvgIpc) is 3.15. The Bertz CT molecular complexity index is 953. The summed E-state index contributed by atoms with van der Waals surface area (Å²) in [6.45, 7) is 1.90. The van der Waals surface area contributed by atoms with Crippen molar-refractivity contribution in [2.75, 3.05) is 33.9 Å². The fourth-order valence-electron chi connectivity index (χ4n) is 3.60. The molecule has 2 N–H and O–H groups in total. The molecule has 0 fully saturated rings. The standard InChI is InChI=1S/C21H24N4O3/c1-25(2)7-9-27-17-11-16(19-15(5-6-23-19)18(17)20(22)26)14-10-13-4-3-8-28-21(13)24-12-14/h6,10-12H,3-5,7-9H2,1-2H3,(H2,22,26). The van der Waals surface area contributed by atoms with Gasteiger partial charge in [0.1, 0.15) is 12.4 Å². The molecule has 1 amide bonds. The molecule has 28 heavy (non-hydrogen) atoms. The predicted octanol–water partition coefficient (Wildman–Crippen LogP) is 2.37. The predicted molar refractivity (Wildman–Crippen MR) is 108 cm³/mol. The van der Waals surface area contributed by atoms with Crippen LogP contribution in [-0.4, -0.2) is 55.9 Å². The summed E-state index contributed by atoms with van der Waals surface area (Å²) in [5.41, 5.74) is 10.6. The minimum atomic E-state index is -0.495. The number of nitrogens with zero attached hydrogens (tertiary/aromatic N) is 3. The number of amides is 1. The summed E-state index contributed by atoms with van der Waals surface area (Å²) in [6, 6.07) is 3.96. The summed E-state index contributed by atoms with van der Waals surface area (Å²) in [7, 11) is 3.95. The van der Waals surface area contributed by atoms with Gasteiger partial charge in [0, 0.05) is 47.6 Å². The molecule has 0 saturated carbocycles. The fourth-order valence-corrected chi connectivity index (χ4v) is 3.60. The first kappa shape index (κ1) is 18.4. The maximum Gasteiger partial charge on any atom is 0.252 e. The minimum Gasteiger partial charge on any atom is -0.491 e. The van der Waals surface area contributed by atoms with Gasteiger partial charge in [-0.2, -0.15) is 0 Å². The number of ether oxygens (including phenoxy) is 2. The van der Waals surface area contributed by atoms with Crippen LogP contribution < -0.4 is 15.2 Å². The van der Waals surface area contributed by atoms with Crippen LogP contribution in [0.25, 0.3) is 11.1 Å². The van der Waals surface area contributed by atoms with Gasteiger partial charge >= 0.3 is 0 Å². The van der Waals surface area contributed by atoms with Gasteiger partial charge in [-0.15, -0.1) is 0 Å². The summed E-state index contributed by atoms with van der Waals surface area (Å²) >= 11 is 0. The zero-order valence-corrected chi connectivity index (χ0v) is 16.2. The molecule has 7 heteroatoms.